The highest BCUT2D eigenvalue weighted by Crippen LogP contribution is 2.33. The van der Waals surface area contributed by atoms with E-state index in [2.05, 4.69) is 10.2 Å². The second kappa shape index (κ2) is 7.38. The standard InChI is InChI=1S/C15H27N3O3S/c19-13-1-4-17(5-2-13)14(20)16-11-15(3-10-22-12-15)18-6-8-21-9-7-18/h13,19H,1-12H2,(H,16,20)/t15-/m0/s1. The third-order valence-electron chi connectivity index (χ3n) is 5.08. The van der Waals surface area contributed by atoms with Gasteiger partial charge in [-0.25, -0.2) is 4.79 Å². The number of urea groups is 1. The van der Waals surface area contributed by atoms with Crippen LogP contribution in [0.3, 0.4) is 0 Å². The smallest absolute Gasteiger partial charge is 0.317 e. The second-order valence-electron chi connectivity index (χ2n) is 6.50. The van der Waals surface area contributed by atoms with E-state index in [0.29, 0.717) is 25.9 Å². The lowest BCUT2D eigenvalue weighted by Crippen LogP contribution is -2.60. The first kappa shape index (κ1) is 16.4. The molecule has 0 unspecified atom stereocenters. The molecule has 6 nitrogen and oxygen atoms in total. The molecule has 3 aliphatic heterocycles. The Morgan fingerprint density at radius 2 is 2.00 bits per heavy atom. The van der Waals surface area contributed by atoms with Crippen LogP contribution in [0.2, 0.25) is 0 Å². The number of carbonyl (C=O) groups is 1. The molecule has 0 aromatic carbocycles. The van der Waals surface area contributed by atoms with Gasteiger partial charge in [-0.3, -0.25) is 4.90 Å². The van der Waals surface area contributed by atoms with E-state index in [-0.39, 0.29) is 17.7 Å². The van der Waals surface area contributed by atoms with Crippen molar-refractivity contribution in [1.82, 2.24) is 15.1 Å². The van der Waals surface area contributed by atoms with Gasteiger partial charge in [0.05, 0.1) is 19.3 Å². The Labute approximate surface area is 136 Å². The number of thioether (sulfide) groups is 1. The molecule has 0 spiro atoms. The zero-order valence-corrected chi connectivity index (χ0v) is 13.9. The number of ether oxygens (including phenoxy) is 1. The summed E-state index contributed by atoms with van der Waals surface area (Å²) < 4.78 is 5.47. The normalized spacial score (nSPS) is 31.4. The molecular weight excluding hydrogens is 302 g/mol. The predicted molar refractivity (Wildman–Crippen MR) is 87.3 cm³/mol. The highest BCUT2D eigenvalue weighted by Gasteiger charge is 2.41. The number of rotatable bonds is 3. The molecule has 2 N–H and O–H groups in total. The first-order valence-electron chi connectivity index (χ1n) is 8.31. The number of morpholine rings is 1. The number of piperidine rings is 1. The summed E-state index contributed by atoms with van der Waals surface area (Å²) in [6.07, 6.45) is 2.28. The van der Waals surface area contributed by atoms with E-state index < -0.39 is 0 Å². The molecule has 3 fully saturated rings. The number of hydrogen-bond acceptors (Lipinski definition) is 5. The van der Waals surface area contributed by atoms with Gasteiger partial charge < -0.3 is 20.1 Å². The van der Waals surface area contributed by atoms with E-state index in [0.717, 1.165) is 45.0 Å². The summed E-state index contributed by atoms with van der Waals surface area (Å²) in [6, 6.07) is 0.0245. The molecule has 3 heterocycles. The predicted octanol–water partition coefficient (Wildman–Crippen LogP) is 0.361. The van der Waals surface area contributed by atoms with Crippen LogP contribution in [0.5, 0.6) is 0 Å². The summed E-state index contributed by atoms with van der Waals surface area (Å²) in [5.41, 5.74) is 0.0966. The van der Waals surface area contributed by atoms with E-state index in [1.807, 2.05) is 16.7 Å². The topological polar surface area (TPSA) is 65.0 Å². The van der Waals surface area contributed by atoms with Crippen molar-refractivity contribution in [2.45, 2.75) is 30.9 Å². The summed E-state index contributed by atoms with van der Waals surface area (Å²) in [5, 5.41) is 12.7. The Bertz CT molecular complexity index is 376. The van der Waals surface area contributed by atoms with Gasteiger partial charge in [-0.15, -0.1) is 0 Å². The maximum Gasteiger partial charge on any atom is 0.317 e. The molecule has 1 atom stereocenters. The van der Waals surface area contributed by atoms with Gasteiger partial charge in [0.1, 0.15) is 0 Å². The Hall–Kier alpha value is -0.500. The van der Waals surface area contributed by atoms with Crippen molar-refractivity contribution in [3.63, 3.8) is 0 Å². The molecule has 3 rings (SSSR count). The Morgan fingerprint density at radius 3 is 2.64 bits per heavy atom. The SMILES string of the molecule is O=C(NC[C@@]1(N2CCOCC2)CCSC1)N1CCC(O)CC1. The summed E-state index contributed by atoms with van der Waals surface area (Å²) in [6.45, 7) is 5.56. The Balaban J connectivity index is 1.54. The zero-order chi connectivity index (χ0) is 15.4. The van der Waals surface area contributed by atoms with Crippen molar-refractivity contribution < 1.29 is 14.6 Å². The number of likely N-dealkylation sites (tertiary alicyclic amines) is 1. The fourth-order valence-corrected chi connectivity index (χ4v) is 5.03. The van der Waals surface area contributed by atoms with E-state index in [4.69, 9.17) is 4.74 Å². The van der Waals surface area contributed by atoms with Gasteiger partial charge in [-0.05, 0) is 25.0 Å². The van der Waals surface area contributed by atoms with Crippen LogP contribution in [-0.2, 0) is 4.74 Å². The van der Waals surface area contributed by atoms with Crippen molar-refractivity contribution in [2.75, 3.05) is 57.4 Å². The average molecular weight is 329 g/mol. The zero-order valence-electron chi connectivity index (χ0n) is 13.1. The summed E-state index contributed by atoms with van der Waals surface area (Å²) >= 11 is 1.98. The molecular formula is C15H27N3O3S. The number of aliphatic hydroxyl groups is 1. The molecule has 3 saturated heterocycles. The maximum atomic E-state index is 12.4. The van der Waals surface area contributed by atoms with Crippen LogP contribution in [0.1, 0.15) is 19.3 Å². The molecule has 0 aromatic heterocycles. The van der Waals surface area contributed by atoms with Gasteiger partial charge in [0.25, 0.3) is 0 Å². The van der Waals surface area contributed by atoms with E-state index in [9.17, 15) is 9.90 Å². The van der Waals surface area contributed by atoms with Crippen LogP contribution in [0.4, 0.5) is 4.79 Å². The van der Waals surface area contributed by atoms with Crippen molar-refractivity contribution >= 4 is 17.8 Å². The molecule has 2 amide bonds. The Kier molecular flexibility index (Phi) is 5.49. The third kappa shape index (κ3) is 3.69. The van der Waals surface area contributed by atoms with Crippen LogP contribution in [0, 0.1) is 0 Å². The minimum atomic E-state index is -0.241. The van der Waals surface area contributed by atoms with E-state index in [1.165, 1.54) is 5.75 Å². The van der Waals surface area contributed by atoms with Crippen LogP contribution in [-0.4, -0.2) is 90.0 Å². The van der Waals surface area contributed by atoms with E-state index in [1.54, 1.807) is 0 Å². The largest absolute Gasteiger partial charge is 0.393 e. The highest BCUT2D eigenvalue weighted by atomic mass is 32.2. The number of nitrogens with one attached hydrogen (secondary N) is 1. The van der Waals surface area contributed by atoms with Gasteiger partial charge in [0.2, 0.25) is 0 Å². The molecule has 3 aliphatic rings. The monoisotopic (exact) mass is 329 g/mol. The van der Waals surface area contributed by atoms with Crippen molar-refractivity contribution in [3.8, 4) is 0 Å². The van der Waals surface area contributed by atoms with Crippen LogP contribution < -0.4 is 5.32 Å². The van der Waals surface area contributed by atoms with Gasteiger partial charge in [0.15, 0.2) is 0 Å². The number of aliphatic hydroxyl groups excluding tert-OH is 1. The fourth-order valence-electron chi connectivity index (χ4n) is 3.56. The van der Waals surface area contributed by atoms with Gasteiger partial charge >= 0.3 is 6.03 Å². The Morgan fingerprint density at radius 1 is 1.27 bits per heavy atom. The molecule has 0 radical (unpaired) electrons. The first-order chi connectivity index (χ1) is 10.7. The minimum Gasteiger partial charge on any atom is -0.393 e. The number of nitrogens with zero attached hydrogens (tertiary/aromatic N) is 2. The van der Waals surface area contributed by atoms with Crippen LogP contribution in [0.15, 0.2) is 0 Å². The van der Waals surface area contributed by atoms with Gasteiger partial charge in [-0.1, -0.05) is 0 Å². The minimum absolute atomic E-state index is 0.0245. The molecule has 0 bridgehead atoms. The molecule has 22 heavy (non-hydrogen) atoms. The second-order valence-corrected chi connectivity index (χ2v) is 7.61. The van der Waals surface area contributed by atoms with Gasteiger partial charge in [0, 0.05) is 44.0 Å². The summed E-state index contributed by atoms with van der Waals surface area (Å²) in [5.74, 6) is 2.26. The molecule has 126 valence electrons. The number of amides is 2. The van der Waals surface area contributed by atoms with E-state index >= 15 is 0 Å². The van der Waals surface area contributed by atoms with Crippen LogP contribution >= 0.6 is 11.8 Å². The quantitative estimate of drug-likeness (QED) is 0.783. The summed E-state index contributed by atoms with van der Waals surface area (Å²) in [4.78, 5) is 16.7. The van der Waals surface area contributed by atoms with Crippen molar-refractivity contribution in [2.24, 2.45) is 0 Å². The van der Waals surface area contributed by atoms with Crippen molar-refractivity contribution in [1.29, 1.82) is 0 Å². The molecule has 0 aliphatic carbocycles. The average Bonchev–Trinajstić information content (AvgIpc) is 3.04. The highest BCUT2D eigenvalue weighted by molar-refractivity contribution is 7.99. The molecule has 0 saturated carbocycles. The third-order valence-corrected chi connectivity index (χ3v) is 6.32. The lowest BCUT2D eigenvalue weighted by atomic mass is 9.95. The fraction of sp³-hybridized carbons (Fsp3) is 0.933. The van der Waals surface area contributed by atoms with Crippen molar-refractivity contribution in [3.05, 3.63) is 0 Å². The lowest BCUT2D eigenvalue weighted by Gasteiger charge is -2.43. The lowest BCUT2D eigenvalue weighted by molar-refractivity contribution is -0.0129. The van der Waals surface area contributed by atoms with Gasteiger partial charge in [-0.2, -0.15) is 11.8 Å². The molecule has 0 aromatic rings. The van der Waals surface area contributed by atoms with Crippen LogP contribution in [0.25, 0.3) is 0 Å². The molecule has 7 heteroatoms. The number of carbonyl (C=O) groups excluding carboxylic acids is 1. The first-order valence-corrected chi connectivity index (χ1v) is 9.46. The summed E-state index contributed by atoms with van der Waals surface area (Å²) in [7, 11) is 0. The number of hydrogen-bond donors (Lipinski definition) is 2. The maximum absolute atomic E-state index is 12.4.